The number of nitrogens with two attached hydrogens (primary N) is 2. The zero-order valence-electron chi connectivity index (χ0n) is 8.07. The van der Waals surface area contributed by atoms with E-state index in [1.54, 1.807) is 0 Å². The van der Waals surface area contributed by atoms with E-state index in [0.717, 1.165) is 6.07 Å². The van der Waals surface area contributed by atoms with Crippen LogP contribution in [0, 0.1) is 10.1 Å². The molecule has 0 atom stereocenters. The summed E-state index contributed by atoms with van der Waals surface area (Å²) in [4.78, 5) is 9.79. The van der Waals surface area contributed by atoms with Crippen molar-refractivity contribution < 1.29 is 10.0 Å². The summed E-state index contributed by atoms with van der Waals surface area (Å²) in [6, 6.07) is 3.78. The average Bonchev–Trinajstić information content (AvgIpc) is 2.19. The van der Waals surface area contributed by atoms with Crippen molar-refractivity contribution in [2.45, 2.75) is 0 Å². The van der Waals surface area contributed by atoms with Crippen molar-refractivity contribution in [1.29, 1.82) is 0 Å². The molecule has 8 heteroatoms. The van der Waals surface area contributed by atoms with Crippen molar-refractivity contribution in [2.24, 2.45) is 21.7 Å². The first-order chi connectivity index (χ1) is 7.50. The number of nitro benzene ring substituents is 1. The highest BCUT2D eigenvalue weighted by Gasteiger charge is 2.12. The Balaban J connectivity index is 3.00. The summed E-state index contributed by atoms with van der Waals surface area (Å²) >= 11 is 0. The van der Waals surface area contributed by atoms with Crippen LogP contribution in [0.1, 0.15) is 5.56 Å². The van der Waals surface area contributed by atoms with Crippen molar-refractivity contribution in [3.63, 3.8) is 0 Å². The molecule has 0 saturated heterocycles. The van der Waals surface area contributed by atoms with Crippen LogP contribution >= 0.6 is 0 Å². The molecule has 1 aromatic carbocycles. The number of aromatic hydroxyl groups is 1. The van der Waals surface area contributed by atoms with E-state index < -0.39 is 16.4 Å². The minimum Gasteiger partial charge on any atom is -0.502 e. The lowest BCUT2D eigenvalue weighted by atomic mass is 10.2. The van der Waals surface area contributed by atoms with Gasteiger partial charge in [0.15, 0.2) is 5.75 Å². The first-order valence-electron chi connectivity index (χ1n) is 4.10. The zero-order chi connectivity index (χ0) is 12.1. The Kier molecular flexibility index (Phi) is 3.38. The Morgan fingerprint density at radius 2 is 2.19 bits per heavy atom. The van der Waals surface area contributed by atoms with Gasteiger partial charge in [-0.15, -0.1) is 5.10 Å². The fourth-order valence-electron chi connectivity index (χ4n) is 0.929. The summed E-state index contributed by atoms with van der Waals surface area (Å²) < 4.78 is 0. The molecule has 0 amide bonds. The second kappa shape index (κ2) is 4.73. The number of hydrogen-bond acceptors (Lipinski definition) is 5. The van der Waals surface area contributed by atoms with Gasteiger partial charge in [0.2, 0.25) is 5.96 Å². The highest BCUT2D eigenvalue weighted by atomic mass is 16.6. The second-order valence-electron chi connectivity index (χ2n) is 2.77. The number of phenolic OH excluding ortho intramolecular Hbond substituents is 1. The van der Waals surface area contributed by atoms with Gasteiger partial charge in [0.05, 0.1) is 11.1 Å². The third kappa shape index (κ3) is 2.94. The molecule has 0 aliphatic rings. The Bertz CT molecular complexity index is 465. The molecule has 0 bridgehead atoms. The van der Waals surface area contributed by atoms with Gasteiger partial charge in [0, 0.05) is 11.6 Å². The van der Waals surface area contributed by atoms with Crippen molar-refractivity contribution in [2.75, 3.05) is 0 Å². The molecule has 0 radical (unpaired) electrons. The molecule has 84 valence electrons. The van der Waals surface area contributed by atoms with Crippen molar-refractivity contribution in [3.05, 3.63) is 33.9 Å². The first kappa shape index (κ1) is 11.4. The monoisotopic (exact) mass is 223 g/mol. The lowest BCUT2D eigenvalue weighted by Gasteiger charge is -1.96. The number of hydrogen-bond donors (Lipinski definition) is 3. The quantitative estimate of drug-likeness (QED) is 0.284. The lowest BCUT2D eigenvalue weighted by Crippen LogP contribution is -2.21. The molecular weight excluding hydrogens is 214 g/mol. The van der Waals surface area contributed by atoms with Crippen LogP contribution in [0.5, 0.6) is 5.75 Å². The van der Waals surface area contributed by atoms with Gasteiger partial charge in [-0.25, -0.2) is 0 Å². The molecule has 0 aromatic heterocycles. The maximum Gasteiger partial charge on any atom is 0.311 e. The van der Waals surface area contributed by atoms with Gasteiger partial charge in [0.1, 0.15) is 0 Å². The number of benzene rings is 1. The first-order valence-corrected chi connectivity index (χ1v) is 4.10. The van der Waals surface area contributed by atoms with Crippen LogP contribution < -0.4 is 11.5 Å². The van der Waals surface area contributed by atoms with E-state index >= 15 is 0 Å². The molecule has 0 fully saturated rings. The van der Waals surface area contributed by atoms with E-state index in [9.17, 15) is 10.1 Å². The van der Waals surface area contributed by atoms with Crippen molar-refractivity contribution >= 4 is 17.9 Å². The number of guanidine groups is 1. The molecule has 0 aliphatic heterocycles. The van der Waals surface area contributed by atoms with E-state index in [1.165, 1.54) is 18.3 Å². The number of nitro groups is 1. The van der Waals surface area contributed by atoms with Crippen molar-refractivity contribution in [1.82, 2.24) is 0 Å². The summed E-state index contributed by atoms with van der Waals surface area (Å²) in [6.45, 7) is 0. The van der Waals surface area contributed by atoms with Crippen molar-refractivity contribution in [3.8, 4) is 5.75 Å². The number of nitrogens with zero attached hydrogens (tertiary/aromatic N) is 3. The molecule has 0 saturated carbocycles. The summed E-state index contributed by atoms with van der Waals surface area (Å²) in [5.41, 5.74) is 10.0. The predicted molar refractivity (Wildman–Crippen MR) is 58.2 cm³/mol. The van der Waals surface area contributed by atoms with E-state index in [4.69, 9.17) is 16.6 Å². The molecule has 0 spiro atoms. The Hall–Kier alpha value is -2.64. The Morgan fingerprint density at radius 1 is 1.50 bits per heavy atom. The largest absolute Gasteiger partial charge is 0.502 e. The van der Waals surface area contributed by atoms with E-state index in [0.29, 0.717) is 5.56 Å². The van der Waals surface area contributed by atoms with Crippen LogP contribution in [0.15, 0.2) is 28.4 Å². The third-order valence-corrected chi connectivity index (χ3v) is 1.58. The molecule has 0 aliphatic carbocycles. The fourth-order valence-corrected chi connectivity index (χ4v) is 0.929. The number of phenols is 1. The maximum atomic E-state index is 10.5. The van der Waals surface area contributed by atoms with Crippen LogP contribution in [0.25, 0.3) is 0 Å². The second-order valence-corrected chi connectivity index (χ2v) is 2.77. The Labute approximate surface area is 90.0 Å². The molecule has 8 nitrogen and oxygen atoms in total. The topological polar surface area (TPSA) is 140 Å². The van der Waals surface area contributed by atoms with Crippen LogP contribution in [0.2, 0.25) is 0 Å². The Morgan fingerprint density at radius 3 is 2.75 bits per heavy atom. The zero-order valence-corrected chi connectivity index (χ0v) is 8.07. The van der Waals surface area contributed by atoms with E-state index in [-0.39, 0.29) is 5.96 Å². The van der Waals surface area contributed by atoms with Gasteiger partial charge in [0.25, 0.3) is 0 Å². The standard InChI is InChI=1S/C8H9N5O3/c9-8(10)12-11-4-5-1-2-7(14)6(3-5)13(15)16/h1-4,14H,(H4,9,10,12)/b11-4+. The summed E-state index contributed by atoms with van der Waals surface area (Å²) in [5, 5.41) is 26.5. The normalized spacial score (nSPS) is 10.2. The molecule has 1 aromatic rings. The van der Waals surface area contributed by atoms with Crippen LogP contribution in [0.3, 0.4) is 0 Å². The third-order valence-electron chi connectivity index (χ3n) is 1.58. The minimum absolute atomic E-state index is 0.218. The summed E-state index contributed by atoms with van der Waals surface area (Å²) in [7, 11) is 0. The molecule has 5 N–H and O–H groups in total. The van der Waals surface area contributed by atoms with Crippen LogP contribution in [0.4, 0.5) is 5.69 Å². The van der Waals surface area contributed by atoms with Gasteiger partial charge in [-0.1, -0.05) is 0 Å². The highest BCUT2D eigenvalue weighted by molar-refractivity contribution is 5.82. The van der Waals surface area contributed by atoms with E-state index in [1.807, 2.05) is 0 Å². The molecule has 16 heavy (non-hydrogen) atoms. The maximum absolute atomic E-state index is 10.5. The van der Waals surface area contributed by atoms with Gasteiger partial charge in [-0.05, 0) is 12.1 Å². The lowest BCUT2D eigenvalue weighted by molar-refractivity contribution is -0.385. The van der Waals surface area contributed by atoms with Gasteiger partial charge < -0.3 is 16.6 Å². The summed E-state index contributed by atoms with van der Waals surface area (Å²) in [6.07, 6.45) is 1.23. The van der Waals surface area contributed by atoms with Crippen LogP contribution in [-0.2, 0) is 0 Å². The highest BCUT2D eigenvalue weighted by Crippen LogP contribution is 2.25. The predicted octanol–water partition coefficient (Wildman–Crippen LogP) is -0.0923. The molecule has 0 unspecified atom stereocenters. The molecule has 0 heterocycles. The molecule has 1 rings (SSSR count). The van der Waals surface area contributed by atoms with Crippen LogP contribution in [-0.4, -0.2) is 22.2 Å². The van der Waals surface area contributed by atoms with Gasteiger partial charge in [-0.3, -0.25) is 10.1 Å². The smallest absolute Gasteiger partial charge is 0.311 e. The average molecular weight is 223 g/mol. The molecular formula is C8H9N5O3. The minimum atomic E-state index is -0.701. The summed E-state index contributed by atoms with van der Waals surface area (Å²) in [5.74, 6) is -0.631. The van der Waals surface area contributed by atoms with Gasteiger partial charge in [-0.2, -0.15) is 5.10 Å². The number of rotatable bonds is 3. The van der Waals surface area contributed by atoms with E-state index in [2.05, 4.69) is 10.2 Å². The fraction of sp³-hybridized carbons (Fsp3) is 0. The SMILES string of the molecule is NC(N)=N/N=C/c1ccc(O)c([N+](=O)[O-])c1. The van der Waals surface area contributed by atoms with Gasteiger partial charge >= 0.3 is 5.69 Å².